The number of hydrogen-bond donors (Lipinski definition) is 2. The molecule has 0 aliphatic carbocycles. The number of non-ortho nitro benzene ring substituents is 1. The number of nitrogens with zero attached hydrogens (tertiary/aromatic N) is 1. The van der Waals surface area contributed by atoms with Crippen LogP contribution < -0.4 is 10.6 Å². The van der Waals surface area contributed by atoms with Crippen molar-refractivity contribution in [3.05, 3.63) is 56.8 Å². The Morgan fingerprint density at radius 3 is 2.45 bits per heavy atom. The highest BCUT2D eigenvalue weighted by atomic mass is 32.1. The summed E-state index contributed by atoms with van der Waals surface area (Å²) < 4.78 is 0. The standard InChI is InChI=1S/C14H13N3O4S/c18-13(15-7-5-10-6-8-22-9-10)14(19)16-11-1-3-12(4-2-11)17(20)21/h1-4,6,8-9H,5,7H2,(H,15,18)(H,16,19). The Kier molecular flexibility index (Phi) is 5.21. The van der Waals surface area contributed by atoms with Crippen molar-refractivity contribution in [3.63, 3.8) is 0 Å². The van der Waals surface area contributed by atoms with Gasteiger partial charge in [0.2, 0.25) is 0 Å². The van der Waals surface area contributed by atoms with Gasteiger partial charge in [-0.15, -0.1) is 0 Å². The first-order valence-corrected chi connectivity index (χ1v) is 7.35. The molecule has 1 heterocycles. The molecule has 0 saturated carbocycles. The fraction of sp³-hybridized carbons (Fsp3) is 0.143. The number of nitrogens with one attached hydrogen (secondary N) is 2. The van der Waals surface area contributed by atoms with Gasteiger partial charge in [-0.3, -0.25) is 19.7 Å². The van der Waals surface area contributed by atoms with Gasteiger partial charge in [0.05, 0.1) is 4.92 Å². The highest BCUT2D eigenvalue weighted by Crippen LogP contribution is 2.15. The molecule has 1 aromatic carbocycles. The maximum Gasteiger partial charge on any atom is 0.313 e. The van der Waals surface area contributed by atoms with Gasteiger partial charge in [0.15, 0.2) is 0 Å². The van der Waals surface area contributed by atoms with Gasteiger partial charge in [-0.05, 0) is 40.9 Å². The summed E-state index contributed by atoms with van der Waals surface area (Å²) in [7, 11) is 0. The lowest BCUT2D eigenvalue weighted by molar-refractivity contribution is -0.384. The first-order valence-electron chi connectivity index (χ1n) is 6.41. The smallest absolute Gasteiger partial charge is 0.313 e. The van der Waals surface area contributed by atoms with E-state index >= 15 is 0 Å². The summed E-state index contributed by atoms with van der Waals surface area (Å²) in [6.45, 7) is 0.364. The van der Waals surface area contributed by atoms with Crippen LogP contribution in [0.3, 0.4) is 0 Å². The SMILES string of the molecule is O=C(NCCc1ccsc1)C(=O)Nc1ccc([N+](=O)[O-])cc1. The zero-order chi connectivity index (χ0) is 15.9. The second kappa shape index (κ2) is 7.32. The van der Waals surface area contributed by atoms with Gasteiger partial charge >= 0.3 is 11.8 Å². The monoisotopic (exact) mass is 319 g/mol. The number of anilines is 1. The molecular formula is C14H13N3O4S. The molecule has 0 aliphatic rings. The van der Waals surface area contributed by atoms with Crippen LogP contribution in [0.5, 0.6) is 0 Å². The number of hydrogen-bond acceptors (Lipinski definition) is 5. The summed E-state index contributed by atoms with van der Waals surface area (Å²) in [6, 6.07) is 7.20. The van der Waals surface area contributed by atoms with Crippen LogP contribution in [0.4, 0.5) is 11.4 Å². The lowest BCUT2D eigenvalue weighted by Gasteiger charge is -2.06. The molecule has 8 heteroatoms. The third-order valence-electron chi connectivity index (χ3n) is 2.82. The third kappa shape index (κ3) is 4.38. The Morgan fingerprint density at radius 2 is 1.86 bits per heavy atom. The summed E-state index contributed by atoms with van der Waals surface area (Å²) in [6.07, 6.45) is 0.653. The third-order valence-corrected chi connectivity index (χ3v) is 3.55. The summed E-state index contributed by atoms with van der Waals surface area (Å²) in [4.78, 5) is 33.3. The number of amides is 2. The van der Waals surface area contributed by atoms with Gasteiger partial charge in [0.1, 0.15) is 0 Å². The van der Waals surface area contributed by atoms with Crippen molar-refractivity contribution in [2.75, 3.05) is 11.9 Å². The van der Waals surface area contributed by atoms with Crippen molar-refractivity contribution in [3.8, 4) is 0 Å². The van der Waals surface area contributed by atoms with Crippen molar-refractivity contribution in [1.82, 2.24) is 5.32 Å². The summed E-state index contributed by atoms with van der Waals surface area (Å²) >= 11 is 1.57. The van der Waals surface area contributed by atoms with E-state index in [0.29, 0.717) is 18.7 Å². The minimum absolute atomic E-state index is 0.0850. The average molecular weight is 319 g/mol. The Labute approximate surface area is 130 Å². The van der Waals surface area contributed by atoms with Crippen molar-refractivity contribution < 1.29 is 14.5 Å². The fourth-order valence-corrected chi connectivity index (χ4v) is 2.39. The van der Waals surface area contributed by atoms with E-state index in [-0.39, 0.29) is 5.69 Å². The van der Waals surface area contributed by atoms with Gasteiger partial charge in [-0.1, -0.05) is 0 Å². The zero-order valence-electron chi connectivity index (χ0n) is 11.4. The molecule has 0 aliphatic heterocycles. The van der Waals surface area contributed by atoms with E-state index in [1.807, 2.05) is 16.8 Å². The predicted octanol–water partition coefficient (Wildman–Crippen LogP) is 1.95. The molecule has 0 bridgehead atoms. The molecule has 2 rings (SSSR count). The molecule has 0 unspecified atom stereocenters. The van der Waals surface area contributed by atoms with Gasteiger partial charge in [0.25, 0.3) is 5.69 Å². The number of benzene rings is 1. The number of carbonyl (C=O) groups excluding carboxylic acids is 2. The lowest BCUT2D eigenvalue weighted by atomic mass is 10.2. The van der Waals surface area contributed by atoms with Crippen LogP contribution in [0.1, 0.15) is 5.56 Å². The van der Waals surface area contributed by atoms with E-state index < -0.39 is 16.7 Å². The number of nitro groups is 1. The lowest BCUT2D eigenvalue weighted by Crippen LogP contribution is -2.36. The molecule has 0 radical (unpaired) electrons. The first kappa shape index (κ1) is 15.6. The van der Waals surface area contributed by atoms with Crippen LogP contribution in [0, 0.1) is 10.1 Å². The van der Waals surface area contributed by atoms with E-state index in [1.54, 1.807) is 11.3 Å². The Morgan fingerprint density at radius 1 is 1.14 bits per heavy atom. The number of rotatable bonds is 5. The number of nitro benzene ring substituents is 1. The predicted molar refractivity (Wildman–Crippen MR) is 82.8 cm³/mol. The molecule has 22 heavy (non-hydrogen) atoms. The molecule has 1 aromatic heterocycles. The van der Waals surface area contributed by atoms with Crippen LogP contribution in [-0.2, 0) is 16.0 Å². The minimum Gasteiger partial charge on any atom is -0.347 e. The van der Waals surface area contributed by atoms with Crippen LogP contribution in [0.15, 0.2) is 41.1 Å². The molecule has 114 valence electrons. The maximum atomic E-state index is 11.7. The quantitative estimate of drug-likeness (QED) is 0.499. The highest BCUT2D eigenvalue weighted by Gasteiger charge is 2.13. The van der Waals surface area contributed by atoms with Crippen molar-refractivity contribution in [2.45, 2.75) is 6.42 Å². The Hall–Kier alpha value is -2.74. The van der Waals surface area contributed by atoms with E-state index in [4.69, 9.17) is 0 Å². The van der Waals surface area contributed by atoms with Gasteiger partial charge in [-0.2, -0.15) is 11.3 Å². The minimum atomic E-state index is -0.806. The van der Waals surface area contributed by atoms with Gasteiger partial charge < -0.3 is 10.6 Å². The van der Waals surface area contributed by atoms with Crippen LogP contribution in [0.2, 0.25) is 0 Å². The molecule has 0 saturated heterocycles. The molecule has 0 atom stereocenters. The Bertz CT molecular complexity index is 668. The average Bonchev–Trinajstić information content (AvgIpc) is 3.01. The van der Waals surface area contributed by atoms with E-state index in [1.165, 1.54) is 24.3 Å². The first-order chi connectivity index (χ1) is 10.6. The molecule has 2 N–H and O–H groups in total. The van der Waals surface area contributed by atoms with Gasteiger partial charge in [0, 0.05) is 24.4 Å². The van der Waals surface area contributed by atoms with Crippen LogP contribution in [0.25, 0.3) is 0 Å². The fourth-order valence-electron chi connectivity index (χ4n) is 1.69. The summed E-state index contributed by atoms with van der Waals surface area (Å²) in [5.41, 5.74) is 1.34. The van der Waals surface area contributed by atoms with Crippen LogP contribution in [-0.4, -0.2) is 23.3 Å². The highest BCUT2D eigenvalue weighted by molar-refractivity contribution is 7.07. The molecule has 2 aromatic rings. The van der Waals surface area contributed by atoms with Crippen molar-refractivity contribution >= 4 is 34.5 Å². The van der Waals surface area contributed by atoms with Crippen molar-refractivity contribution in [1.29, 1.82) is 0 Å². The van der Waals surface area contributed by atoms with Crippen molar-refractivity contribution in [2.24, 2.45) is 0 Å². The van der Waals surface area contributed by atoms with E-state index in [9.17, 15) is 19.7 Å². The van der Waals surface area contributed by atoms with E-state index in [0.717, 1.165) is 5.56 Å². The summed E-state index contributed by atoms with van der Waals surface area (Å²) in [5.74, 6) is -1.55. The second-order valence-electron chi connectivity index (χ2n) is 4.40. The molecule has 2 amide bonds. The largest absolute Gasteiger partial charge is 0.347 e. The Balaban J connectivity index is 1.80. The second-order valence-corrected chi connectivity index (χ2v) is 5.18. The molecular weight excluding hydrogens is 306 g/mol. The number of thiophene rings is 1. The summed E-state index contributed by atoms with van der Waals surface area (Å²) in [5, 5.41) is 19.3. The maximum absolute atomic E-state index is 11.7. The zero-order valence-corrected chi connectivity index (χ0v) is 12.3. The topological polar surface area (TPSA) is 101 Å². The normalized spacial score (nSPS) is 10.0. The molecule has 7 nitrogen and oxygen atoms in total. The van der Waals surface area contributed by atoms with Crippen LogP contribution >= 0.6 is 11.3 Å². The molecule has 0 fully saturated rings. The van der Waals surface area contributed by atoms with E-state index in [2.05, 4.69) is 10.6 Å². The number of carbonyl (C=O) groups is 2. The van der Waals surface area contributed by atoms with Gasteiger partial charge in [-0.25, -0.2) is 0 Å². The molecule has 0 spiro atoms.